The molecule has 0 saturated heterocycles. The fourth-order valence-corrected chi connectivity index (χ4v) is 1.85. The van der Waals surface area contributed by atoms with Gasteiger partial charge in [0.15, 0.2) is 5.78 Å². The maximum Gasteiger partial charge on any atom is 0.185 e. The maximum absolute atomic E-state index is 11.8. The Bertz CT molecular complexity index is 595. The second-order valence-electron chi connectivity index (χ2n) is 4.00. The quantitative estimate of drug-likeness (QED) is 0.446. The molecule has 94 valence electrons. The Labute approximate surface area is 121 Å². The Morgan fingerprint density at radius 3 is 2.26 bits per heavy atom. The van der Waals surface area contributed by atoms with E-state index in [0.717, 1.165) is 10.0 Å². The normalized spacial score (nSPS) is 11.2. The van der Waals surface area contributed by atoms with Crippen molar-refractivity contribution in [1.82, 2.24) is 0 Å². The Hall–Kier alpha value is -1.93. The van der Waals surface area contributed by atoms with E-state index in [1.54, 1.807) is 24.3 Å². The van der Waals surface area contributed by atoms with E-state index >= 15 is 0 Å². The Balaban J connectivity index is 1.97. The number of carbonyl (C=O) groups excluding carboxylic acids is 1. The average molecular weight is 313 g/mol. The van der Waals surface area contributed by atoms with Crippen molar-refractivity contribution in [1.29, 1.82) is 0 Å². The molecule has 0 radical (unpaired) electrons. The maximum atomic E-state index is 11.8. The zero-order valence-corrected chi connectivity index (χ0v) is 11.9. The van der Waals surface area contributed by atoms with E-state index < -0.39 is 0 Å². The van der Waals surface area contributed by atoms with Crippen LogP contribution in [0.5, 0.6) is 0 Å². The van der Waals surface area contributed by atoms with Gasteiger partial charge in [0.1, 0.15) is 0 Å². The highest BCUT2D eigenvalue weighted by molar-refractivity contribution is 9.10. The molecule has 0 saturated carbocycles. The van der Waals surface area contributed by atoms with E-state index in [-0.39, 0.29) is 5.78 Å². The second-order valence-corrected chi connectivity index (χ2v) is 4.92. The van der Waals surface area contributed by atoms with Crippen molar-refractivity contribution >= 4 is 27.8 Å². The number of carbonyl (C=O) groups is 1. The Morgan fingerprint density at radius 1 is 0.895 bits per heavy atom. The van der Waals surface area contributed by atoms with Crippen LogP contribution in [0.3, 0.4) is 0 Å². The summed E-state index contributed by atoms with van der Waals surface area (Å²) in [5, 5.41) is 0. The smallest absolute Gasteiger partial charge is 0.185 e. The molecule has 0 amide bonds. The van der Waals surface area contributed by atoms with Crippen molar-refractivity contribution in [2.75, 3.05) is 0 Å². The van der Waals surface area contributed by atoms with Gasteiger partial charge in [-0.15, -0.1) is 0 Å². The van der Waals surface area contributed by atoms with E-state index in [1.807, 2.05) is 54.6 Å². The lowest BCUT2D eigenvalue weighted by Crippen LogP contribution is -1.92. The number of halogens is 1. The van der Waals surface area contributed by atoms with Crippen molar-refractivity contribution in [2.45, 2.75) is 0 Å². The summed E-state index contributed by atoms with van der Waals surface area (Å²) in [7, 11) is 0. The monoisotopic (exact) mass is 312 g/mol. The van der Waals surface area contributed by atoms with Crippen LogP contribution in [0.15, 0.2) is 77.3 Å². The standard InChI is InChI=1S/C17H13BrO/c18-16-12-10-15(11-13-16)17(19)9-5-4-8-14-6-2-1-3-7-14/h1-13H/b8-4+,9-5-. The molecule has 0 unspecified atom stereocenters. The Morgan fingerprint density at radius 2 is 1.58 bits per heavy atom. The van der Waals surface area contributed by atoms with Gasteiger partial charge in [-0.2, -0.15) is 0 Å². The zero-order valence-electron chi connectivity index (χ0n) is 10.3. The highest BCUT2D eigenvalue weighted by atomic mass is 79.9. The van der Waals surface area contributed by atoms with Crippen LogP contribution < -0.4 is 0 Å². The Kier molecular flexibility index (Phi) is 4.87. The third-order valence-electron chi connectivity index (χ3n) is 2.58. The fourth-order valence-electron chi connectivity index (χ4n) is 1.58. The molecule has 0 heterocycles. The first kappa shape index (κ1) is 13.5. The molecule has 2 heteroatoms. The molecule has 2 aromatic carbocycles. The molecule has 0 aliphatic heterocycles. The summed E-state index contributed by atoms with van der Waals surface area (Å²) < 4.78 is 0.969. The molecular weight excluding hydrogens is 300 g/mol. The third-order valence-corrected chi connectivity index (χ3v) is 3.10. The van der Waals surface area contributed by atoms with Crippen molar-refractivity contribution in [3.05, 3.63) is 88.4 Å². The van der Waals surface area contributed by atoms with Crippen LogP contribution in [0, 0.1) is 0 Å². The molecular formula is C17H13BrO. The largest absolute Gasteiger partial charge is 0.289 e. The summed E-state index contributed by atoms with van der Waals surface area (Å²) >= 11 is 3.34. The summed E-state index contributed by atoms with van der Waals surface area (Å²) in [6.45, 7) is 0. The minimum Gasteiger partial charge on any atom is -0.289 e. The predicted molar refractivity (Wildman–Crippen MR) is 83.1 cm³/mol. The van der Waals surface area contributed by atoms with Gasteiger partial charge in [-0.25, -0.2) is 0 Å². The summed E-state index contributed by atoms with van der Waals surface area (Å²) in [5.74, 6) is 0.00483. The van der Waals surface area contributed by atoms with E-state index in [9.17, 15) is 4.79 Å². The van der Waals surface area contributed by atoms with E-state index in [0.29, 0.717) is 5.56 Å². The van der Waals surface area contributed by atoms with Crippen LogP contribution >= 0.6 is 15.9 Å². The van der Waals surface area contributed by atoms with Crippen LogP contribution in [0.4, 0.5) is 0 Å². The first-order valence-corrected chi connectivity index (χ1v) is 6.75. The number of benzene rings is 2. The van der Waals surface area contributed by atoms with Crippen LogP contribution in [0.25, 0.3) is 6.08 Å². The molecule has 0 N–H and O–H groups in total. The summed E-state index contributed by atoms with van der Waals surface area (Å²) in [6.07, 6.45) is 7.16. The molecule has 0 fully saturated rings. The summed E-state index contributed by atoms with van der Waals surface area (Å²) in [5.41, 5.74) is 1.80. The van der Waals surface area contributed by atoms with Gasteiger partial charge in [0.2, 0.25) is 0 Å². The first-order valence-electron chi connectivity index (χ1n) is 5.95. The van der Waals surface area contributed by atoms with Crippen molar-refractivity contribution < 1.29 is 4.79 Å². The number of ketones is 1. The van der Waals surface area contributed by atoms with Crippen molar-refractivity contribution in [3.8, 4) is 0 Å². The SMILES string of the molecule is O=C(/C=C\C=C\c1ccccc1)c1ccc(Br)cc1. The number of hydrogen-bond acceptors (Lipinski definition) is 1. The van der Waals surface area contributed by atoms with Gasteiger partial charge in [0, 0.05) is 10.0 Å². The van der Waals surface area contributed by atoms with E-state index in [1.165, 1.54) is 0 Å². The molecule has 0 aliphatic carbocycles. The molecule has 0 aromatic heterocycles. The fraction of sp³-hybridized carbons (Fsp3) is 0. The number of allylic oxidation sites excluding steroid dienone is 3. The molecule has 0 aliphatic rings. The summed E-state index contributed by atoms with van der Waals surface area (Å²) in [4.78, 5) is 11.8. The lowest BCUT2D eigenvalue weighted by atomic mass is 10.1. The number of rotatable bonds is 4. The topological polar surface area (TPSA) is 17.1 Å². The average Bonchev–Trinajstić information content (AvgIpc) is 2.45. The van der Waals surface area contributed by atoms with Crippen LogP contribution in [0.2, 0.25) is 0 Å². The molecule has 1 nitrogen and oxygen atoms in total. The van der Waals surface area contributed by atoms with Crippen LogP contribution in [-0.4, -0.2) is 5.78 Å². The van der Waals surface area contributed by atoms with Crippen LogP contribution in [-0.2, 0) is 0 Å². The minimum atomic E-state index is 0.00483. The van der Waals surface area contributed by atoms with Gasteiger partial charge >= 0.3 is 0 Å². The van der Waals surface area contributed by atoms with Gasteiger partial charge in [-0.3, -0.25) is 4.79 Å². The molecule has 2 aromatic rings. The predicted octanol–water partition coefficient (Wildman–Crippen LogP) is 4.90. The van der Waals surface area contributed by atoms with Crippen molar-refractivity contribution in [3.63, 3.8) is 0 Å². The third kappa shape index (κ3) is 4.34. The van der Waals surface area contributed by atoms with Gasteiger partial charge in [-0.05, 0) is 35.9 Å². The molecule has 0 spiro atoms. The van der Waals surface area contributed by atoms with E-state index in [2.05, 4.69) is 15.9 Å². The van der Waals surface area contributed by atoms with Gasteiger partial charge in [-0.1, -0.05) is 64.5 Å². The summed E-state index contributed by atoms with van der Waals surface area (Å²) in [6, 6.07) is 17.3. The second kappa shape index (κ2) is 6.86. The van der Waals surface area contributed by atoms with Crippen LogP contribution in [0.1, 0.15) is 15.9 Å². The van der Waals surface area contributed by atoms with Gasteiger partial charge in [0.25, 0.3) is 0 Å². The van der Waals surface area contributed by atoms with E-state index in [4.69, 9.17) is 0 Å². The lowest BCUT2D eigenvalue weighted by molar-refractivity contribution is 0.104. The first-order chi connectivity index (χ1) is 9.25. The van der Waals surface area contributed by atoms with Gasteiger partial charge in [0.05, 0.1) is 0 Å². The zero-order chi connectivity index (χ0) is 13.5. The molecule has 0 bridgehead atoms. The molecule has 0 atom stereocenters. The van der Waals surface area contributed by atoms with Gasteiger partial charge < -0.3 is 0 Å². The molecule has 19 heavy (non-hydrogen) atoms. The number of hydrogen-bond donors (Lipinski definition) is 0. The van der Waals surface area contributed by atoms with Crippen molar-refractivity contribution in [2.24, 2.45) is 0 Å². The highest BCUT2D eigenvalue weighted by Crippen LogP contribution is 2.11. The highest BCUT2D eigenvalue weighted by Gasteiger charge is 1.99. The minimum absolute atomic E-state index is 0.00483. The lowest BCUT2D eigenvalue weighted by Gasteiger charge is -1.95. The molecule has 2 rings (SSSR count).